The van der Waals surface area contributed by atoms with Gasteiger partial charge in [-0.3, -0.25) is 4.79 Å². The molecule has 1 aromatic carbocycles. The molecule has 2 aromatic rings. The third-order valence-electron chi connectivity index (χ3n) is 4.67. The minimum Gasteiger partial charge on any atom is -0.365 e. The van der Waals surface area contributed by atoms with E-state index in [2.05, 4.69) is 5.43 Å². The van der Waals surface area contributed by atoms with Crippen LogP contribution in [0.5, 0.6) is 0 Å². The number of rotatable bonds is 3. The molecular formula is C15H18F2N6O2. The highest BCUT2D eigenvalue weighted by molar-refractivity contribution is 5.84. The number of hydrogen-bond acceptors (Lipinski definition) is 6. The van der Waals surface area contributed by atoms with Crippen molar-refractivity contribution < 1.29 is 8.78 Å². The van der Waals surface area contributed by atoms with Gasteiger partial charge in [-0.05, 0) is 25.3 Å². The van der Waals surface area contributed by atoms with Crippen LogP contribution in [-0.4, -0.2) is 34.5 Å². The minimum atomic E-state index is -0.966. The maximum atomic E-state index is 15.2. The molecular weight excluding hydrogens is 334 g/mol. The molecule has 134 valence electrons. The predicted molar refractivity (Wildman–Crippen MR) is 89.7 cm³/mol. The first-order chi connectivity index (χ1) is 11.9. The van der Waals surface area contributed by atoms with Gasteiger partial charge in [0.15, 0.2) is 5.82 Å². The van der Waals surface area contributed by atoms with E-state index in [1.54, 1.807) is 0 Å². The van der Waals surface area contributed by atoms with Crippen LogP contribution in [-0.2, 0) is 0 Å². The van der Waals surface area contributed by atoms with Crippen molar-refractivity contribution in [3.05, 3.63) is 38.5 Å². The summed E-state index contributed by atoms with van der Waals surface area (Å²) in [6, 6.07) is 0.734. The summed E-state index contributed by atoms with van der Waals surface area (Å²) in [6.07, 6.45) is 2.23. The number of hydrogen-bond donors (Lipinski definition) is 3. The molecule has 0 spiro atoms. The molecule has 0 radical (unpaired) electrons. The molecule has 1 saturated carbocycles. The number of aromatic nitrogens is 2. The zero-order chi connectivity index (χ0) is 17.9. The van der Waals surface area contributed by atoms with Crippen LogP contribution in [0, 0.1) is 11.6 Å². The van der Waals surface area contributed by atoms with E-state index < -0.39 is 22.9 Å². The van der Waals surface area contributed by atoms with Gasteiger partial charge < -0.3 is 21.9 Å². The van der Waals surface area contributed by atoms with Crippen LogP contribution < -0.4 is 33.2 Å². The fourth-order valence-corrected chi connectivity index (χ4v) is 3.20. The molecule has 2 aliphatic rings. The average molecular weight is 352 g/mol. The lowest BCUT2D eigenvalue weighted by Gasteiger charge is -2.22. The summed E-state index contributed by atoms with van der Waals surface area (Å²) in [5.41, 5.74) is 6.24. The first kappa shape index (κ1) is 15.9. The van der Waals surface area contributed by atoms with Crippen molar-refractivity contribution in [2.45, 2.75) is 31.3 Å². The van der Waals surface area contributed by atoms with E-state index in [-0.39, 0.29) is 28.7 Å². The van der Waals surface area contributed by atoms with Gasteiger partial charge in [-0.15, -0.1) is 0 Å². The lowest BCUT2D eigenvalue weighted by atomic mass is 10.2. The first-order valence-corrected chi connectivity index (χ1v) is 8.10. The number of nitrogens with zero attached hydrogens (tertiary/aromatic N) is 3. The number of benzene rings is 1. The molecule has 4 rings (SSSR count). The summed E-state index contributed by atoms with van der Waals surface area (Å²) >= 11 is 0. The van der Waals surface area contributed by atoms with Crippen LogP contribution in [0.25, 0.3) is 10.9 Å². The number of nitrogens with one attached hydrogen (secondary N) is 1. The van der Waals surface area contributed by atoms with E-state index in [0.29, 0.717) is 24.2 Å². The highest BCUT2D eigenvalue weighted by Gasteiger charge is 2.30. The average Bonchev–Trinajstić information content (AvgIpc) is 3.29. The summed E-state index contributed by atoms with van der Waals surface area (Å²) in [5, 5.41) is -0.294. The SMILES string of the molecule is N[C@H]1CCN(c2c(F)cc3c(=O)n(N)c(=O)n(NC4CC4)c3c2F)C1. The Bertz CT molecular complexity index is 981. The molecule has 1 saturated heterocycles. The fourth-order valence-electron chi connectivity index (χ4n) is 3.20. The van der Waals surface area contributed by atoms with Gasteiger partial charge in [-0.25, -0.2) is 18.3 Å². The van der Waals surface area contributed by atoms with Gasteiger partial charge in [-0.2, -0.15) is 4.68 Å². The van der Waals surface area contributed by atoms with Gasteiger partial charge in [-0.1, -0.05) is 0 Å². The second-order valence-electron chi connectivity index (χ2n) is 6.61. The predicted octanol–water partition coefficient (Wildman–Crippen LogP) is -0.601. The quantitative estimate of drug-likeness (QED) is 0.636. The molecule has 0 bridgehead atoms. The molecule has 2 heterocycles. The zero-order valence-electron chi connectivity index (χ0n) is 13.3. The van der Waals surface area contributed by atoms with E-state index in [1.165, 1.54) is 4.90 Å². The standard InChI is InChI=1S/C15H18F2N6O2/c16-10-5-9-12(11(17)13(10)21-4-3-7(18)6-21)23(20-8-1-2-8)15(25)22(19)14(9)24/h5,7-8,20H,1-4,6,18-19H2/t7-/m0/s1. The van der Waals surface area contributed by atoms with E-state index in [1.807, 2.05) is 0 Å². The smallest absolute Gasteiger partial charge is 0.365 e. The Morgan fingerprint density at radius 3 is 2.52 bits per heavy atom. The molecule has 8 nitrogen and oxygen atoms in total. The normalized spacial score (nSPS) is 20.4. The summed E-state index contributed by atoms with van der Waals surface area (Å²) in [7, 11) is 0. The summed E-state index contributed by atoms with van der Waals surface area (Å²) in [4.78, 5) is 26.0. The molecule has 0 amide bonds. The number of nitrogens with two attached hydrogens (primary N) is 2. The first-order valence-electron chi connectivity index (χ1n) is 8.10. The Labute approximate surface area is 140 Å². The third kappa shape index (κ3) is 2.44. The van der Waals surface area contributed by atoms with Crippen LogP contribution in [0.1, 0.15) is 19.3 Å². The van der Waals surface area contributed by atoms with Crippen molar-refractivity contribution in [2.24, 2.45) is 5.73 Å². The van der Waals surface area contributed by atoms with Crippen molar-refractivity contribution in [1.82, 2.24) is 9.35 Å². The Kier molecular flexibility index (Phi) is 3.46. The fraction of sp³-hybridized carbons (Fsp3) is 0.467. The van der Waals surface area contributed by atoms with Gasteiger partial charge in [0, 0.05) is 25.2 Å². The van der Waals surface area contributed by atoms with Crippen LogP contribution in [0.15, 0.2) is 15.7 Å². The molecule has 0 unspecified atom stereocenters. The maximum absolute atomic E-state index is 15.2. The van der Waals surface area contributed by atoms with Crippen molar-refractivity contribution in [3.63, 3.8) is 0 Å². The summed E-state index contributed by atoms with van der Waals surface area (Å²) in [5.74, 6) is 3.64. The second kappa shape index (κ2) is 5.45. The van der Waals surface area contributed by atoms with Crippen LogP contribution in [0.4, 0.5) is 14.5 Å². The zero-order valence-corrected chi connectivity index (χ0v) is 13.3. The highest BCUT2D eigenvalue weighted by atomic mass is 19.1. The number of anilines is 1. The molecule has 1 aliphatic heterocycles. The topological polar surface area (TPSA) is 111 Å². The summed E-state index contributed by atoms with van der Waals surface area (Å²) < 4.78 is 31.0. The largest absolute Gasteiger partial charge is 0.368 e. The van der Waals surface area contributed by atoms with Gasteiger partial charge in [0.25, 0.3) is 5.56 Å². The molecule has 2 fully saturated rings. The molecule has 10 heteroatoms. The third-order valence-corrected chi connectivity index (χ3v) is 4.67. The molecule has 25 heavy (non-hydrogen) atoms. The van der Waals surface area contributed by atoms with Crippen molar-refractivity contribution in [2.75, 3.05) is 29.3 Å². The minimum absolute atomic E-state index is 0.00786. The van der Waals surface area contributed by atoms with Gasteiger partial charge in [0.2, 0.25) is 0 Å². The molecule has 1 atom stereocenters. The Morgan fingerprint density at radius 2 is 1.92 bits per heavy atom. The van der Waals surface area contributed by atoms with Crippen LogP contribution >= 0.6 is 0 Å². The van der Waals surface area contributed by atoms with Gasteiger partial charge in [0.1, 0.15) is 17.0 Å². The van der Waals surface area contributed by atoms with Gasteiger partial charge >= 0.3 is 5.69 Å². The molecule has 1 aliphatic carbocycles. The number of nitrogen functional groups attached to an aromatic ring is 1. The lowest BCUT2D eigenvalue weighted by molar-refractivity contribution is 0.576. The highest BCUT2D eigenvalue weighted by Crippen LogP contribution is 2.31. The van der Waals surface area contributed by atoms with Crippen LogP contribution in [0.2, 0.25) is 0 Å². The van der Waals surface area contributed by atoms with Crippen molar-refractivity contribution >= 4 is 16.6 Å². The van der Waals surface area contributed by atoms with E-state index in [0.717, 1.165) is 23.6 Å². The Hall–Kier alpha value is -2.62. The van der Waals surface area contributed by atoms with E-state index >= 15 is 4.39 Å². The van der Waals surface area contributed by atoms with Crippen molar-refractivity contribution in [1.29, 1.82) is 0 Å². The summed E-state index contributed by atoms with van der Waals surface area (Å²) in [6.45, 7) is 0.697. The monoisotopic (exact) mass is 352 g/mol. The second-order valence-corrected chi connectivity index (χ2v) is 6.61. The van der Waals surface area contributed by atoms with E-state index in [4.69, 9.17) is 11.6 Å². The number of halogens is 2. The molecule has 5 N–H and O–H groups in total. The number of fused-ring (bicyclic) bond motifs is 1. The van der Waals surface area contributed by atoms with E-state index in [9.17, 15) is 14.0 Å². The van der Waals surface area contributed by atoms with Gasteiger partial charge in [0.05, 0.1) is 5.39 Å². The van der Waals surface area contributed by atoms with Crippen molar-refractivity contribution in [3.8, 4) is 0 Å². The Balaban J connectivity index is 2.02. The molecule has 1 aromatic heterocycles. The maximum Gasteiger partial charge on any atom is 0.368 e. The lowest BCUT2D eigenvalue weighted by Crippen LogP contribution is -2.48. The Morgan fingerprint density at radius 1 is 1.20 bits per heavy atom. The van der Waals surface area contributed by atoms with Crippen LogP contribution in [0.3, 0.4) is 0 Å².